The van der Waals surface area contributed by atoms with Gasteiger partial charge in [-0.3, -0.25) is 4.79 Å². The molecule has 2 aliphatic rings. The molecule has 1 heterocycles. The highest BCUT2D eigenvalue weighted by Crippen LogP contribution is 2.36. The van der Waals surface area contributed by atoms with Crippen molar-refractivity contribution in [2.45, 2.75) is 38.7 Å². The van der Waals surface area contributed by atoms with Crippen molar-refractivity contribution in [2.24, 2.45) is 11.8 Å². The van der Waals surface area contributed by atoms with Gasteiger partial charge in [0.25, 0.3) is 0 Å². The van der Waals surface area contributed by atoms with Crippen LogP contribution in [0.4, 0.5) is 0 Å². The largest absolute Gasteiger partial charge is 0.457 e. The van der Waals surface area contributed by atoms with Gasteiger partial charge in [-0.05, 0) is 41.9 Å². The van der Waals surface area contributed by atoms with Crippen LogP contribution >= 0.6 is 0 Å². The number of hydrogen-bond donors (Lipinski definition) is 0. The van der Waals surface area contributed by atoms with Crippen molar-refractivity contribution >= 4 is 18.0 Å². The van der Waals surface area contributed by atoms with Gasteiger partial charge in [0.2, 0.25) is 5.91 Å². The van der Waals surface area contributed by atoms with Crippen LogP contribution in [0.25, 0.3) is 6.08 Å². The summed E-state index contributed by atoms with van der Waals surface area (Å²) in [6.07, 6.45) is 6.86. The number of nitrogens with zero attached hydrogens (tertiary/aromatic N) is 1. The molecule has 2 aromatic carbocycles. The highest BCUT2D eigenvalue weighted by atomic mass is 16.5. The quantitative estimate of drug-likeness (QED) is 0.512. The maximum Gasteiger partial charge on any atom is 0.334 e. The molecule has 156 valence electrons. The Morgan fingerprint density at radius 2 is 1.50 bits per heavy atom. The molecule has 2 fully saturated rings. The Kier molecular flexibility index (Phi) is 6.63. The summed E-state index contributed by atoms with van der Waals surface area (Å²) in [6.45, 7) is 1.87. The Morgan fingerprint density at radius 3 is 2.13 bits per heavy atom. The Labute approximate surface area is 178 Å². The van der Waals surface area contributed by atoms with Crippen LogP contribution in [0.3, 0.4) is 0 Å². The number of carbonyl (C=O) groups is 2. The molecule has 1 aliphatic heterocycles. The maximum atomic E-state index is 13.0. The molecule has 4 nitrogen and oxygen atoms in total. The number of esters is 1. The lowest BCUT2D eigenvalue weighted by molar-refractivity contribution is -0.142. The van der Waals surface area contributed by atoms with E-state index in [1.165, 1.54) is 25.7 Å². The molecule has 4 rings (SSSR count). The summed E-state index contributed by atoms with van der Waals surface area (Å²) in [5.74, 6) is 0.875. The van der Waals surface area contributed by atoms with Gasteiger partial charge in [-0.1, -0.05) is 73.5 Å². The van der Waals surface area contributed by atoms with Crippen LogP contribution in [0.2, 0.25) is 0 Å². The second kappa shape index (κ2) is 9.75. The van der Waals surface area contributed by atoms with Gasteiger partial charge in [0.05, 0.1) is 6.42 Å². The van der Waals surface area contributed by atoms with E-state index in [-0.39, 0.29) is 18.9 Å². The van der Waals surface area contributed by atoms with Crippen LogP contribution < -0.4 is 0 Å². The Morgan fingerprint density at radius 1 is 0.900 bits per heavy atom. The summed E-state index contributed by atoms with van der Waals surface area (Å²) < 4.78 is 5.54. The molecule has 0 radical (unpaired) electrons. The monoisotopic (exact) mass is 403 g/mol. The van der Waals surface area contributed by atoms with Gasteiger partial charge >= 0.3 is 5.97 Å². The Hall–Kier alpha value is -2.88. The summed E-state index contributed by atoms with van der Waals surface area (Å²) in [6, 6.07) is 19.2. The summed E-state index contributed by atoms with van der Waals surface area (Å²) in [7, 11) is 0. The van der Waals surface area contributed by atoms with Crippen LogP contribution in [0.15, 0.2) is 66.2 Å². The van der Waals surface area contributed by atoms with Gasteiger partial charge in [-0.15, -0.1) is 0 Å². The number of likely N-dealkylation sites (tertiary alicyclic amines) is 1. The van der Waals surface area contributed by atoms with Gasteiger partial charge in [0.15, 0.2) is 0 Å². The van der Waals surface area contributed by atoms with Gasteiger partial charge in [-0.25, -0.2) is 4.79 Å². The third kappa shape index (κ3) is 5.18. The van der Waals surface area contributed by atoms with Crippen molar-refractivity contribution < 1.29 is 14.3 Å². The van der Waals surface area contributed by atoms with Crippen molar-refractivity contribution in [3.05, 3.63) is 77.4 Å². The van der Waals surface area contributed by atoms with Gasteiger partial charge in [0, 0.05) is 18.7 Å². The third-order valence-electron chi connectivity index (χ3n) is 6.29. The second-order valence-corrected chi connectivity index (χ2v) is 8.42. The molecule has 1 aliphatic carbocycles. The fourth-order valence-corrected chi connectivity index (χ4v) is 4.63. The molecule has 4 heteroatoms. The van der Waals surface area contributed by atoms with Crippen LogP contribution in [0.1, 0.15) is 43.2 Å². The van der Waals surface area contributed by atoms with E-state index in [0.717, 1.165) is 24.2 Å². The van der Waals surface area contributed by atoms with Crippen LogP contribution in [-0.2, 0) is 20.9 Å². The number of benzene rings is 2. The molecule has 30 heavy (non-hydrogen) atoms. The van der Waals surface area contributed by atoms with E-state index in [4.69, 9.17) is 4.74 Å². The predicted molar refractivity (Wildman–Crippen MR) is 117 cm³/mol. The SMILES string of the molecule is O=C(OCc1ccccc1)/C(=C/c1ccccc1)CC(=O)N1C[C@H]2CCCC[C@H]2C1. The first-order chi connectivity index (χ1) is 14.7. The van der Waals surface area contributed by atoms with Crippen molar-refractivity contribution in [1.29, 1.82) is 0 Å². The number of amides is 1. The van der Waals surface area contributed by atoms with Crippen molar-refractivity contribution in [3.63, 3.8) is 0 Å². The lowest BCUT2D eigenvalue weighted by Crippen LogP contribution is -2.30. The van der Waals surface area contributed by atoms with E-state index in [9.17, 15) is 9.59 Å². The van der Waals surface area contributed by atoms with E-state index < -0.39 is 5.97 Å². The molecule has 2 aromatic rings. The Balaban J connectivity index is 1.45. The molecule has 1 amide bonds. The topological polar surface area (TPSA) is 46.6 Å². The van der Waals surface area contributed by atoms with E-state index in [1.807, 2.05) is 65.6 Å². The average molecular weight is 404 g/mol. The molecule has 0 unspecified atom stereocenters. The normalized spacial score (nSPS) is 21.2. The van der Waals surface area contributed by atoms with Gasteiger partial charge in [-0.2, -0.15) is 0 Å². The zero-order valence-electron chi connectivity index (χ0n) is 17.3. The van der Waals surface area contributed by atoms with E-state index in [1.54, 1.807) is 6.08 Å². The highest BCUT2D eigenvalue weighted by Gasteiger charge is 2.36. The molecule has 0 spiro atoms. The second-order valence-electron chi connectivity index (χ2n) is 8.42. The van der Waals surface area contributed by atoms with Gasteiger partial charge in [0.1, 0.15) is 6.61 Å². The third-order valence-corrected chi connectivity index (χ3v) is 6.29. The fourth-order valence-electron chi connectivity index (χ4n) is 4.63. The Bertz CT molecular complexity index is 877. The zero-order valence-corrected chi connectivity index (χ0v) is 17.3. The average Bonchev–Trinajstić information content (AvgIpc) is 3.23. The minimum Gasteiger partial charge on any atom is -0.457 e. The molecular weight excluding hydrogens is 374 g/mol. The van der Waals surface area contributed by atoms with E-state index >= 15 is 0 Å². The van der Waals surface area contributed by atoms with E-state index in [0.29, 0.717) is 17.4 Å². The summed E-state index contributed by atoms with van der Waals surface area (Å²) in [4.78, 5) is 27.9. The summed E-state index contributed by atoms with van der Waals surface area (Å²) in [5.41, 5.74) is 2.24. The summed E-state index contributed by atoms with van der Waals surface area (Å²) in [5, 5.41) is 0. The van der Waals surface area contributed by atoms with Gasteiger partial charge < -0.3 is 9.64 Å². The first-order valence-electron chi connectivity index (χ1n) is 10.9. The van der Waals surface area contributed by atoms with Crippen molar-refractivity contribution in [3.8, 4) is 0 Å². The van der Waals surface area contributed by atoms with Crippen LogP contribution in [-0.4, -0.2) is 29.9 Å². The number of carbonyl (C=O) groups excluding carboxylic acids is 2. The van der Waals surface area contributed by atoms with Crippen LogP contribution in [0, 0.1) is 11.8 Å². The highest BCUT2D eigenvalue weighted by molar-refractivity contribution is 5.99. The molecule has 2 atom stereocenters. The number of hydrogen-bond acceptors (Lipinski definition) is 3. The molecule has 0 N–H and O–H groups in total. The first kappa shape index (κ1) is 20.4. The number of fused-ring (bicyclic) bond motifs is 1. The van der Waals surface area contributed by atoms with Crippen molar-refractivity contribution in [1.82, 2.24) is 4.90 Å². The van der Waals surface area contributed by atoms with Crippen LogP contribution in [0.5, 0.6) is 0 Å². The first-order valence-corrected chi connectivity index (χ1v) is 10.9. The molecule has 1 saturated heterocycles. The molecule has 0 bridgehead atoms. The predicted octanol–water partition coefficient (Wildman–Crippen LogP) is 4.85. The maximum absolute atomic E-state index is 13.0. The minimum absolute atomic E-state index is 0.0308. The molecule has 0 aromatic heterocycles. The number of ether oxygens (including phenoxy) is 1. The van der Waals surface area contributed by atoms with E-state index in [2.05, 4.69) is 0 Å². The number of rotatable bonds is 6. The smallest absolute Gasteiger partial charge is 0.334 e. The minimum atomic E-state index is -0.423. The zero-order chi connectivity index (χ0) is 20.8. The standard InChI is InChI=1S/C26H29NO3/c28-25(27-17-22-13-7-8-14-23(22)18-27)16-24(15-20-9-3-1-4-10-20)26(29)30-19-21-11-5-2-6-12-21/h1-6,9-12,15,22-23H,7-8,13-14,16-19H2/b24-15+/t22-,23+. The lowest BCUT2D eigenvalue weighted by Gasteiger charge is -2.22. The molecule has 1 saturated carbocycles. The summed E-state index contributed by atoms with van der Waals surface area (Å²) >= 11 is 0. The lowest BCUT2D eigenvalue weighted by atomic mass is 9.82. The van der Waals surface area contributed by atoms with Crippen molar-refractivity contribution in [2.75, 3.05) is 13.1 Å². The molecular formula is C26H29NO3. The fraction of sp³-hybridized carbons (Fsp3) is 0.385.